The average Bonchev–Trinajstić information content (AvgIpc) is 3.29. The molecule has 0 saturated carbocycles. The minimum Gasteiger partial charge on any atom is -0.493 e. The summed E-state index contributed by atoms with van der Waals surface area (Å²) in [4.78, 5) is 19.4. The highest BCUT2D eigenvalue weighted by Gasteiger charge is 2.33. The number of hydrogen-bond donors (Lipinski definition) is 2. The summed E-state index contributed by atoms with van der Waals surface area (Å²) in [5.74, 6) is 1.27. The molecule has 4 aromatic rings. The number of amides is 2. The first-order valence-corrected chi connectivity index (χ1v) is 12.4. The SMILES string of the molecule is COc1cc2cc3c(nc2cc1OC)CCN3Cc1ccc(NC(=O)Nc2ccc(Cl)c(C(F)(F)F)c2)cc1. The molecule has 7 nitrogen and oxygen atoms in total. The number of halogens is 4. The zero-order valence-electron chi connectivity index (χ0n) is 21.0. The molecule has 0 spiro atoms. The minimum atomic E-state index is -4.62. The molecule has 5 rings (SSSR count). The molecule has 0 aliphatic carbocycles. The zero-order chi connectivity index (χ0) is 27.7. The Balaban J connectivity index is 1.25. The van der Waals surface area contributed by atoms with Crippen molar-refractivity contribution in [2.24, 2.45) is 0 Å². The second-order valence-electron chi connectivity index (χ2n) is 8.99. The van der Waals surface area contributed by atoms with Crippen LogP contribution in [0.5, 0.6) is 11.5 Å². The number of hydrogen-bond acceptors (Lipinski definition) is 5. The molecule has 2 N–H and O–H groups in total. The van der Waals surface area contributed by atoms with Crippen LogP contribution < -0.4 is 25.0 Å². The van der Waals surface area contributed by atoms with Crippen molar-refractivity contribution in [2.75, 3.05) is 36.3 Å². The number of pyridine rings is 1. The molecule has 1 aromatic heterocycles. The Morgan fingerprint density at radius 2 is 1.64 bits per heavy atom. The van der Waals surface area contributed by atoms with Crippen LogP contribution in [0.1, 0.15) is 16.8 Å². The molecule has 0 atom stereocenters. The number of carbonyl (C=O) groups excluding carboxylic acids is 1. The predicted molar refractivity (Wildman–Crippen MR) is 145 cm³/mol. The molecule has 202 valence electrons. The van der Waals surface area contributed by atoms with E-state index >= 15 is 0 Å². The number of ether oxygens (including phenoxy) is 2. The third kappa shape index (κ3) is 5.65. The van der Waals surface area contributed by atoms with Gasteiger partial charge in [0.2, 0.25) is 0 Å². The number of methoxy groups -OCH3 is 2. The smallest absolute Gasteiger partial charge is 0.417 e. The number of fused-ring (bicyclic) bond motifs is 2. The van der Waals surface area contributed by atoms with Crippen LogP contribution in [-0.2, 0) is 19.1 Å². The first kappa shape index (κ1) is 26.4. The summed E-state index contributed by atoms with van der Waals surface area (Å²) in [6, 6.07) is 15.7. The van der Waals surface area contributed by atoms with Crippen LogP contribution in [0.4, 0.5) is 35.0 Å². The number of carbonyl (C=O) groups is 1. The highest BCUT2D eigenvalue weighted by Crippen LogP contribution is 2.37. The van der Waals surface area contributed by atoms with Gasteiger partial charge in [0.15, 0.2) is 11.5 Å². The highest BCUT2D eigenvalue weighted by molar-refractivity contribution is 6.31. The number of alkyl halides is 3. The fourth-order valence-electron chi connectivity index (χ4n) is 4.54. The van der Waals surface area contributed by atoms with Gasteiger partial charge in [0.05, 0.1) is 41.7 Å². The van der Waals surface area contributed by atoms with Gasteiger partial charge in [0, 0.05) is 42.3 Å². The van der Waals surface area contributed by atoms with Crippen LogP contribution in [0, 0.1) is 0 Å². The minimum absolute atomic E-state index is 0.0225. The molecule has 1 aliphatic heterocycles. The summed E-state index contributed by atoms with van der Waals surface area (Å²) >= 11 is 5.64. The van der Waals surface area contributed by atoms with Gasteiger partial charge in [-0.3, -0.25) is 4.98 Å². The van der Waals surface area contributed by atoms with Crippen molar-refractivity contribution in [3.05, 3.63) is 82.5 Å². The molecule has 39 heavy (non-hydrogen) atoms. The molecule has 0 unspecified atom stereocenters. The van der Waals surface area contributed by atoms with Crippen molar-refractivity contribution in [1.82, 2.24) is 4.98 Å². The van der Waals surface area contributed by atoms with Crippen molar-refractivity contribution in [1.29, 1.82) is 0 Å². The van der Waals surface area contributed by atoms with Crippen LogP contribution in [-0.4, -0.2) is 31.8 Å². The van der Waals surface area contributed by atoms with Gasteiger partial charge in [-0.1, -0.05) is 23.7 Å². The monoisotopic (exact) mass is 556 g/mol. The molecular weight excluding hydrogens is 533 g/mol. The Morgan fingerprint density at radius 3 is 2.33 bits per heavy atom. The van der Waals surface area contributed by atoms with Gasteiger partial charge in [0.1, 0.15) is 0 Å². The van der Waals surface area contributed by atoms with Crippen LogP contribution >= 0.6 is 11.6 Å². The first-order valence-electron chi connectivity index (χ1n) is 12.0. The van der Waals surface area contributed by atoms with Crippen molar-refractivity contribution in [3.8, 4) is 11.5 Å². The standard InChI is InChI=1S/C28H24ClF3N4O3/c1-38-25-12-17-11-24-22(35-23(17)14-26(25)39-2)9-10-36(24)15-16-3-5-18(6-4-16)33-27(37)34-19-7-8-21(29)20(13-19)28(30,31)32/h3-8,11-14H,9-10,15H2,1-2H3,(H2,33,34,37). The zero-order valence-corrected chi connectivity index (χ0v) is 21.8. The molecule has 3 aromatic carbocycles. The predicted octanol–water partition coefficient (Wildman–Crippen LogP) is 7.13. The van der Waals surface area contributed by atoms with Crippen molar-refractivity contribution in [2.45, 2.75) is 19.1 Å². The van der Waals surface area contributed by atoms with Crippen LogP contribution in [0.25, 0.3) is 10.9 Å². The summed E-state index contributed by atoms with van der Waals surface area (Å²) in [5, 5.41) is 5.55. The van der Waals surface area contributed by atoms with E-state index in [2.05, 4.69) is 21.6 Å². The first-order chi connectivity index (χ1) is 18.6. The van der Waals surface area contributed by atoms with E-state index in [9.17, 15) is 18.0 Å². The number of aromatic nitrogens is 1. The number of urea groups is 1. The molecule has 0 radical (unpaired) electrons. The third-order valence-corrected chi connectivity index (χ3v) is 6.78. The maximum Gasteiger partial charge on any atom is 0.417 e. The molecule has 2 heterocycles. The van der Waals surface area contributed by atoms with E-state index in [-0.39, 0.29) is 5.69 Å². The Kier molecular flexibility index (Phi) is 7.14. The Hall–Kier alpha value is -4.18. The van der Waals surface area contributed by atoms with E-state index in [0.717, 1.165) is 52.9 Å². The Labute approximate surface area is 227 Å². The Morgan fingerprint density at radius 1 is 0.974 bits per heavy atom. The van der Waals surface area contributed by atoms with Gasteiger partial charge in [-0.25, -0.2) is 4.79 Å². The van der Waals surface area contributed by atoms with E-state index in [1.165, 1.54) is 6.07 Å². The van der Waals surface area contributed by atoms with Crippen LogP contribution in [0.2, 0.25) is 5.02 Å². The molecule has 0 saturated heterocycles. The van der Waals surface area contributed by atoms with Gasteiger partial charge < -0.3 is 25.0 Å². The third-order valence-electron chi connectivity index (χ3n) is 6.45. The lowest BCUT2D eigenvalue weighted by molar-refractivity contribution is -0.137. The van der Waals surface area contributed by atoms with E-state index in [1.54, 1.807) is 26.4 Å². The number of nitrogens with one attached hydrogen (secondary N) is 2. The van der Waals surface area contributed by atoms with Gasteiger partial charge in [0.25, 0.3) is 0 Å². The number of anilines is 3. The van der Waals surface area contributed by atoms with Crippen molar-refractivity contribution >= 4 is 45.6 Å². The molecule has 11 heteroatoms. The average molecular weight is 557 g/mol. The topological polar surface area (TPSA) is 75.7 Å². The lowest BCUT2D eigenvalue weighted by atomic mass is 10.1. The summed E-state index contributed by atoms with van der Waals surface area (Å²) in [6.07, 6.45) is -3.80. The van der Waals surface area contributed by atoms with Gasteiger partial charge >= 0.3 is 12.2 Å². The second-order valence-corrected chi connectivity index (χ2v) is 9.40. The van der Waals surface area contributed by atoms with E-state index < -0.39 is 22.8 Å². The van der Waals surface area contributed by atoms with E-state index in [1.807, 2.05) is 24.3 Å². The largest absolute Gasteiger partial charge is 0.493 e. The fraction of sp³-hybridized carbons (Fsp3) is 0.214. The summed E-state index contributed by atoms with van der Waals surface area (Å²) in [5.41, 5.74) is 3.39. The van der Waals surface area contributed by atoms with Crippen LogP contribution in [0.3, 0.4) is 0 Å². The molecule has 1 aliphatic rings. The van der Waals surface area contributed by atoms with Gasteiger partial charge in [-0.15, -0.1) is 0 Å². The quantitative estimate of drug-likeness (QED) is 0.264. The normalized spacial score (nSPS) is 12.8. The second kappa shape index (κ2) is 10.5. The fourth-order valence-corrected chi connectivity index (χ4v) is 4.77. The number of benzene rings is 3. The Bertz CT molecular complexity index is 1540. The maximum absolute atomic E-state index is 13.1. The molecular formula is C28H24ClF3N4O3. The van der Waals surface area contributed by atoms with E-state index in [0.29, 0.717) is 23.7 Å². The molecule has 2 amide bonds. The van der Waals surface area contributed by atoms with Crippen molar-refractivity contribution < 1.29 is 27.4 Å². The maximum atomic E-state index is 13.1. The van der Waals surface area contributed by atoms with Gasteiger partial charge in [-0.2, -0.15) is 13.2 Å². The summed E-state index contributed by atoms with van der Waals surface area (Å²) < 4.78 is 50.1. The highest BCUT2D eigenvalue weighted by atomic mass is 35.5. The number of nitrogens with zero attached hydrogens (tertiary/aromatic N) is 2. The lowest BCUT2D eigenvalue weighted by Crippen LogP contribution is -2.21. The van der Waals surface area contributed by atoms with Crippen LogP contribution in [0.15, 0.2) is 60.7 Å². The van der Waals surface area contributed by atoms with Crippen molar-refractivity contribution in [3.63, 3.8) is 0 Å². The summed E-state index contributed by atoms with van der Waals surface area (Å²) in [7, 11) is 3.19. The lowest BCUT2D eigenvalue weighted by Gasteiger charge is -2.20. The van der Waals surface area contributed by atoms with E-state index in [4.69, 9.17) is 26.1 Å². The van der Waals surface area contributed by atoms with Gasteiger partial charge in [-0.05, 0) is 48.0 Å². The molecule has 0 bridgehead atoms. The summed E-state index contributed by atoms with van der Waals surface area (Å²) in [6.45, 7) is 1.46. The number of rotatable bonds is 6. The molecule has 0 fully saturated rings.